The number of nitrogens with one attached hydrogen (secondary N) is 1. The maximum Gasteiger partial charge on any atom is 0.317 e. The smallest absolute Gasteiger partial charge is 0.317 e. The molecule has 0 heterocycles. The fourth-order valence-corrected chi connectivity index (χ4v) is 3.81. The van der Waals surface area contributed by atoms with Gasteiger partial charge in [0.1, 0.15) is 11.6 Å². The van der Waals surface area contributed by atoms with Gasteiger partial charge in [0.25, 0.3) is 5.91 Å². The summed E-state index contributed by atoms with van der Waals surface area (Å²) in [5.41, 5.74) is 0.805. The Bertz CT molecular complexity index is 843. The summed E-state index contributed by atoms with van der Waals surface area (Å²) >= 11 is 0. The predicted octanol–water partition coefficient (Wildman–Crippen LogP) is 4.07. The maximum atomic E-state index is 13.3. The minimum absolute atomic E-state index is 0.305. The molecule has 4 nitrogen and oxygen atoms in total. The molecule has 1 amide bonds. The van der Waals surface area contributed by atoms with E-state index >= 15 is 0 Å². The number of hydrogen-bond acceptors (Lipinski definition) is 3. The van der Waals surface area contributed by atoms with E-state index in [-0.39, 0.29) is 17.5 Å². The summed E-state index contributed by atoms with van der Waals surface area (Å²) in [7, 11) is 0. The van der Waals surface area contributed by atoms with Gasteiger partial charge in [-0.3, -0.25) is 9.59 Å². The molecule has 1 fully saturated rings. The van der Waals surface area contributed by atoms with Gasteiger partial charge in [-0.25, -0.2) is 8.78 Å². The molecule has 1 aliphatic rings. The zero-order chi connectivity index (χ0) is 20.9. The van der Waals surface area contributed by atoms with Gasteiger partial charge in [0.15, 0.2) is 6.10 Å². The second kappa shape index (κ2) is 9.16. The first kappa shape index (κ1) is 21.0. The van der Waals surface area contributed by atoms with Crippen molar-refractivity contribution in [2.75, 3.05) is 6.54 Å². The fourth-order valence-electron chi connectivity index (χ4n) is 3.81. The van der Waals surface area contributed by atoms with Crippen molar-refractivity contribution in [2.45, 2.75) is 50.5 Å². The van der Waals surface area contributed by atoms with Crippen LogP contribution in [0.2, 0.25) is 0 Å². The quantitative estimate of drug-likeness (QED) is 0.712. The van der Waals surface area contributed by atoms with Crippen molar-refractivity contribution in [3.63, 3.8) is 0 Å². The molecule has 29 heavy (non-hydrogen) atoms. The van der Waals surface area contributed by atoms with Crippen molar-refractivity contribution >= 4 is 11.9 Å². The average molecular weight is 401 g/mol. The van der Waals surface area contributed by atoms with Gasteiger partial charge in [-0.2, -0.15) is 0 Å². The van der Waals surface area contributed by atoms with Crippen LogP contribution < -0.4 is 5.32 Å². The summed E-state index contributed by atoms with van der Waals surface area (Å²) in [6.07, 6.45) is 2.61. The van der Waals surface area contributed by atoms with Crippen molar-refractivity contribution in [3.8, 4) is 0 Å². The average Bonchev–Trinajstić information content (AvgIpc) is 3.21. The second-order valence-corrected chi connectivity index (χ2v) is 7.51. The van der Waals surface area contributed by atoms with Crippen LogP contribution in [0.3, 0.4) is 0 Å². The van der Waals surface area contributed by atoms with E-state index in [9.17, 15) is 18.4 Å². The molecule has 0 aliphatic heterocycles. The zero-order valence-electron chi connectivity index (χ0n) is 16.4. The lowest BCUT2D eigenvalue weighted by molar-refractivity contribution is -0.160. The maximum absolute atomic E-state index is 13.3. The van der Waals surface area contributed by atoms with Crippen molar-refractivity contribution < 1.29 is 23.1 Å². The summed E-state index contributed by atoms with van der Waals surface area (Å²) in [5, 5.41) is 2.74. The molecule has 0 aromatic heterocycles. The highest BCUT2D eigenvalue weighted by Crippen LogP contribution is 2.42. The highest BCUT2D eigenvalue weighted by atomic mass is 19.1. The number of benzene rings is 2. The predicted molar refractivity (Wildman–Crippen MR) is 105 cm³/mol. The zero-order valence-corrected chi connectivity index (χ0v) is 16.4. The van der Waals surface area contributed by atoms with Gasteiger partial charge in [-0.05, 0) is 61.6 Å². The molecular weight excluding hydrogens is 376 g/mol. The standard InChI is InChI=1S/C23H25F2NO3/c1-16(21(27)26-15-12-17-4-8-19(24)9-5-17)29-22(28)23(13-2-3-14-23)18-6-10-20(25)11-7-18/h4-11,16H,2-3,12-15H2,1H3,(H,26,27)/t16-/m0/s1. The fraction of sp³-hybridized carbons (Fsp3) is 0.391. The third-order valence-electron chi connectivity index (χ3n) is 5.52. The lowest BCUT2D eigenvalue weighted by Crippen LogP contribution is -2.42. The number of carbonyl (C=O) groups excluding carboxylic acids is 2. The van der Waals surface area contributed by atoms with Crippen LogP contribution in [-0.4, -0.2) is 24.5 Å². The van der Waals surface area contributed by atoms with Gasteiger partial charge in [0, 0.05) is 6.54 Å². The number of carbonyl (C=O) groups is 2. The summed E-state index contributed by atoms with van der Waals surface area (Å²) in [6, 6.07) is 12.0. The van der Waals surface area contributed by atoms with Crippen LogP contribution in [-0.2, 0) is 26.2 Å². The van der Waals surface area contributed by atoms with Crippen molar-refractivity contribution in [1.29, 1.82) is 0 Å². The molecule has 1 atom stereocenters. The van der Waals surface area contributed by atoms with Gasteiger partial charge in [-0.1, -0.05) is 37.1 Å². The highest BCUT2D eigenvalue weighted by molar-refractivity contribution is 5.88. The van der Waals surface area contributed by atoms with Gasteiger partial charge in [0.2, 0.25) is 0 Å². The van der Waals surface area contributed by atoms with E-state index in [1.165, 1.54) is 24.3 Å². The van der Waals surface area contributed by atoms with Gasteiger partial charge in [-0.15, -0.1) is 0 Å². The van der Waals surface area contributed by atoms with E-state index in [4.69, 9.17) is 4.74 Å². The van der Waals surface area contributed by atoms with E-state index in [0.29, 0.717) is 25.8 Å². The molecule has 0 saturated heterocycles. The largest absolute Gasteiger partial charge is 0.452 e. The Balaban J connectivity index is 1.57. The first-order valence-corrected chi connectivity index (χ1v) is 9.90. The van der Waals surface area contributed by atoms with Crippen LogP contribution in [0.1, 0.15) is 43.7 Å². The first-order valence-electron chi connectivity index (χ1n) is 9.90. The van der Waals surface area contributed by atoms with Crippen LogP contribution in [0.5, 0.6) is 0 Å². The molecule has 0 spiro atoms. The Kier molecular flexibility index (Phi) is 6.62. The minimum Gasteiger partial charge on any atom is -0.452 e. The molecule has 0 unspecified atom stereocenters. The van der Waals surface area contributed by atoms with Gasteiger partial charge < -0.3 is 10.1 Å². The Morgan fingerprint density at radius 3 is 2.14 bits per heavy atom. The molecule has 2 aromatic rings. The van der Waals surface area contributed by atoms with E-state index in [0.717, 1.165) is 24.0 Å². The van der Waals surface area contributed by atoms with E-state index in [1.54, 1.807) is 31.2 Å². The third kappa shape index (κ3) is 5.00. The van der Waals surface area contributed by atoms with Crippen LogP contribution in [0.15, 0.2) is 48.5 Å². The molecule has 3 rings (SSSR count). The SMILES string of the molecule is C[C@H](OC(=O)C1(c2ccc(F)cc2)CCCC1)C(=O)NCCc1ccc(F)cc1. The van der Waals surface area contributed by atoms with Crippen LogP contribution in [0, 0.1) is 11.6 Å². The third-order valence-corrected chi connectivity index (χ3v) is 5.52. The van der Waals surface area contributed by atoms with E-state index in [1.807, 2.05) is 0 Å². The van der Waals surface area contributed by atoms with Crippen molar-refractivity contribution in [2.24, 2.45) is 0 Å². The number of halogens is 2. The van der Waals surface area contributed by atoms with Crippen molar-refractivity contribution in [1.82, 2.24) is 5.32 Å². The normalized spacial score (nSPS) is 16.2. The monoisotopic (exact) mass is 401 g/mol. The van der Waals surface area contributed by atoms with Gasteiger partial charge in [0.05, 0.1) is 5.41 Å². The lowest BCUT2D eigenvalue weighted by atomic mass is 9.79. The van der Waals surface area contributed by atoms with Gasteiger partial charge >= 0.3 is 5.97 Å². The second-order valence-electron chi connectivity index (χ2n) is 7.51. The van der Waals surface area contributed by atoms with Crippen molar-refractivity contribution in [3.05, 3.63) is 71.3 Å². The molecular formula is C23H25F2NO3. The highest BCUT2D eigenvalue weighted by Gasteiger charge is 2.45. The number of amides is 1. The number of hydrogen-bond donors (Lipinski definition) is 1. The molecule has 0 radical (unpaired) electrons. The Labute approximate surface area is 169 Å². The Morgan fingerprint density at radius 1 is 1.00 bits per heavy atom. The number of ether oxygens (including phenoxy) is 1. The minimum atomic E-state index is -0.936. The molecule has 154 valence electrons. The molecule has 1 aliphatic carbocycles. The summed E-state index contributed by atoms with van der Waals surface area (Å²) in [6.45, 7) is 1.90. The van der Waals surface area contributed by atoms with Crippen LogP contribution in [0.4, 0.5) is 8.78 Å². The molecule has 0 bridgehead atoms. The summed E-state index contributed by atoms with van der Waals surface area (Å²) in [4.78, 5) is 25.3. The van der Waals surface area contributed by atoms with E-state index < -0.39 is 17.5 Å². The van der Waals surface area contributed by atoms with E-state index in [2.05, 4.69) is 5.32 Å². The first-order chi connectivity index (χ1) is 13.9. The molecule has 2 aromatic carbocycles. The number of esters is 1. The Morgan fingerprint density at radius 2 is 1.55 bits per heavy atom. The lowest BCUT2D eigenvalue weighted by Gasteiger charge is -2.28. The van der Waals surface area contributed by atoms with Crippen LogP contribution in [0.25, 0.3) is 0 Å². The Hall–Kier alpha value is -2.76. The summed E-state index contributed by atoms with van der Waals surface area (Å²) in [5.74, 6) is -1.49. The molecule has 1 saturated carbocycles. The number of rotatable bonds is 7. The summed E-state index contributed by atoms with van der Waals surface area (Å²) < 4.78 is 31.7. The van der Waals surface area contributed by atoms with Crippen LogP contribution >= 0.6 is 0 Å². The topological polar surface area (TPSA) is 55.4 Å². The molecule has 6 heteroatoms. The molecule has 1 N–H and O–H groups in total.